The topological polar surface area (TPSA) is 42.2 Å². The summed E-state index contributed by atoms with van der Waals surface area (Å²) < 4.78 is 2.78. The van der Waals surface area contributed by atoms with E-state index >= 15 is 0 Å². The second-order valence-electron chi connectivity index (χ2n) is 4.40. The van der Waals surface area contributed by atoms with Crippen LogP contribution in [0.15, 0.2) is 16.7 Å². The van der Waals surface area contributed by atoms with E-state index in [1.165, 1.54) is 25.7 Å². The highest BCUT2D eigenvalue weighted by Gasteiger charge is 2.20. The van der Waals surface area contributed by atoms with E-state index in [1.54, 1.807) is 6.07 Å². The number of rotatable bonds is 2. The van der Waals surface area contributed by atoms with Gasteiger partial charge in [-0.25, -0.2) is 4.79 Å². The van der Waals surface area contributed by atoms with Crippen LogP contribution < -0.4 is 0 Å². The molecule has 0 aromatic carbocycles. The van der Waals surface area contributed by atoms with Crippen molar-refractivity contribution in [2.45, 2.75) is 44.6 Å². The quantitative estimate of drug-likeness (QED) is 0.839. The van der Waals surface area contributed by atoms with Crippen molar-refractivity contribution in [2.75, 3.05) is 0 Å². The van der Waals surface area contributed by atoms with E-state index in [0.29, 0.717) is 11.7 Å². The zero-order valence-electron chi connectivity index (χ0n) is 9.16. The molecule has 1 aliphatic carbocycles. The smallest absolute Gasteiger partial charge is 0.352 e. The lowest BCUT2D eigenvalue weighted by atomic mass is 10.1. The molecule has 1 saturated carbocycles. The molecular weight excluding hydrogens is 270 g/mol. The Hall–Kier alpha value is -0.770. The predicted molar refractivity (Wildman–Crippen MR) is 65.8 cm³/mol. The Labute approximate surface area is 104 Å². The monoisotopic (exact) mass is 285 g/mol. The highest BCUT2D eigenvalue weighted by molar-refractivity contribution is 9.10. The lowest BCUT2D eigenvalue weighted by molar-refractivity contribution is 0.0682. The molecule has 0 bridgehead atoms. The maximum atomic E-state index is 11.1. The number of hydrogen-bond acceptors (Lipinski definition) is 1. The molecule has 1 N–H and O–H groups in total. The average Bonchev–Trinajstić information content (AvgIpc) is 2.49. The van der Waals surface area contributed by atoms with E-state index in [2.05, 4.69) is 15.9 Å². The normalized spacial score (nSPS) is 18.3. The number of carboxylic acid groups (broad SMARTS) is 1. The molecule has 0 amide bonds. The zero-order valence-corrected chi connectivity index (χ0v) is 10.7. The minimum Gasteiger partial charge on any atom is -0.477 e. The Morgan fingerprint density at radius 2 is 1.94 bits per heavy atom. The fourth-order valence-corrected chi connectivity index (χ4v) is 2.89. The standard InChI is InChI=1S/C12H16BrNO2/c13-9-7-11(12(15)16)14(8-9)10-5-3-1-2-4-6-10/h7-8,10H,1-6H2,(H,15,16). The molecule has 1 aromatic rings. The van der Waals surface area contributed by atoms with E-state index in [4.69, 9.17) is 5.11 Å². The van der Waals surface area contributed by atoms with Crippen molar-refractivity contribution in [3.63, 3.8) is 0 Å². The molecule has 3 nitrogen and oxygen atoms in total. The van der Waals surface area contributed by atoms with Crippen LogP contribution in [0.5, 0.6) is 0 Å². The molecule has 16 heavy (non-hydrogen) atoms. The van der Waals surface area contributed by atoms with Gasteiger partial charge in [0.15, 0.2) is 0 Å². The van der Waals surface area contributed by atoms with Gasteiger partial charge in [0.2, 0.25) is 0 Å². The molecule has 88 valence electrons. The number of hydrogen-bond donors (Lipinski definition) is 1. The molecule has 1 aromatic heterocycles. The van der Waals surface area contributed by atoms with Gasteiger partial charge in [0, 0.05) is 16.7 Å². The minimum absolute atomic E-state index is 0.361. The summed E-state index contributed by atoms with van der Waals surface area (Å²) in [6.45, 7) is 0. The van der Waals surface area contributed by atoms with Crippen LogP contribution in [0.1, 0.15) is 55.1 Å². The van der Waals surface area contributed by atoms with Crippen molar-refractivity contribution in [3.05, 3.63) is 22.4 Å². The molecule has 4 heteroatoms. The van der Waals surface area contributed by atoms with Gasteiger partial charge in [-0.15, -0.1) is 0 Å². The molecular formula is C12H16BrNO2. The SMILES string of the molecule is O=C(O)c1cc(Br)cn1C1CCCCCC1. The van der Waals surface area contributed by atoms with Crippen LogP contribution in [0.25, 0.3) is 0 Å². The Balaban J connectivity index is 2.26. The molecule has 1 aliphatic rings. The fraction of sp³-hybridized carbons (Fsp3) is 0.583. The van der Waals surface area contributed by atoms with Gasteiger partial charge >= 0.3 is 5.97 Å². The van der Waals surface area contributed by atoms with Gasteiger partial charge in [0.05, 0.1) is 0 Å². The average molecular weight is 286 g/mol. The van der Waals surface area contributed by atoms with Gasteiger partial charge < -0.3 is 9.67 Å². The van der Waals surface area contributed by atoms with E-state index in [0.717, 1.165) is 17.3 Å². The summed E-state index contributed by atoms with van der Waals surface area (Å²) in [5.41, 5.74) is 0.402. The molecule has 0 atom stereocenters. The van der Waals surface area contributed by atoms with Crippen LogP contribution in [0.3, 0.4) is 0 Å². The molecule has 1 heterocycles. The Morgan fingerprint density at radius 1 is 1.31 bits per heavy atom. The summed E-state index contributed by atoms with van der Waals surface area (Å²) in [6, 6.07) is 2.05. The van der Waals surface area contributed by atoms with Gasteiger partial charge in [0.25, 0.3) is 0 Å². The highest BCUT2D eigenvalue weighted by atomic mass is 79.9. The van der Waals surface area contributed by atoms with E-state index < -0.39 is 5.97 Å². The Kier molecular flexibility index (Phi) is 3.69. The number of carboxylic acids is 1. The van der Waals surface area contributed by atoms with Crippen molar-refractivity contribution >= 4 is 21.9 Å². The minimum atomic E-state index is -0.838. The largest absolute Gasteiger partial charge is 0.477 e. The molecule has 0 aliphatic heterocycles. The third-order valence-corrected chi connectivity index (χ3v) is 3.69. The number of aromatic nitrogens is 1. The van der Waals surface area contributed by atoms with Crippen molar-refractivity contribution in [1.29, 1.82) is 0 Å². The molecule has 0 saturated heterocycles. The van der Waals surface area contributed by atoms with Crippen molar-refractivity contribution in [3.8, 4) is 0 Å². The van der Waals surface area contributed by atoms with Crippen LogP contribution in [-0.2, 0) is 0 Å². The first-order chi connectivity index (χ1) is 7.68. The summed E-state index contributed by atoms with van der Waals surface area (Å²) in [4.78, 5) is 11.1. The first-order valence-corrected chi connectivity index (χ1v) is 6.58. The number of nitrogens with zero attached hydrogens (tertiary/aromatic N) is 1. The Bertz CT molecular complexity index is 378. The number of aromatic carboxylic acids is 1. The summed E-state index contributed by atoms with van der Waals surface area (Å²) in [5, 5.41) is 9.14. The Morgan fingerprint density at radius 3 is 2.50 bits per heavy atom. The van der Waals surface area contributed by atoms with Crippen LogP contribution in [0.4, 0.5) is 0 Å². The fourth-order valence-electron chi connectivity index (χ4n) is 2.46. The molecule has 2 rings (SSSR count). The first-order valence-electron chi connectivity index (χ1n) is 5.79. The maximum absolute atomic E-state index is 11.1. The molecule has 0 unspecified atom stereocenters. The summed E-state index contributed by atoms with van der Waals surface area (Å²) in [6.07, 6.45) is 9.07. The third kappa shape index (κ3) is 2.48. The van der Waals surface area contributed by atoms with E-state index in [-0.39, 0.29) is 0 Å². The second-order valence-corrected chi connectivity index (χ2v) is 5.32. The predicted octanol–water partition coefficient (Wildman–Crippen LogP) is 3.84. The third-order valence-electron chi connectivity index (χ3n) is 3.25. The molecule has 1 fully saturated rings. The van der Waals surface area contributed by atoms with Gasteiger partial charge in [-0.05, 0) is 34.8 Å². The summed E-state index contributed by atoms with van der Waals surface area (Å²) in [7, 11) is 0. The van der Waals surface area contributed by atoms with Gasteiger partial charge in [-0.2, -0.15) is 0 Å². The first kappa shape index (κ1) is 11.7. The van der Waals surface area contributed by atoms with E-state index in [1.807, 2.05) is 10.8 Å². The van der Waals surface area contributed by atoms with E-state index in [9.17, 15) is 4.79 Å². The van der Waals surface area contributed by atoms with Crippen molar-refractivity contribution in [1.82, 2.24) is 4.57 Å². The van der Waals surface area contributed by atoms with Gasteiger partial charge in [-0.1, -0.05) is 25.7 Å². The lowest BCUT2D eigenvalue weighted by Crippen LogP contribution is -2.13. The van der Waals surface area contributed by atoms with Gasteiger partial charge in [0.1, 0.15) is 5.69 Å². The number of halogens is 1. The van der Waals surface area contributed by atoms with Crippen LogP contribution in [0, 0.1) is 0 Å². The zero-order chi connectivity index (χ0) is 11.5. The van der Waals surface area contributed by atoms with Crippen LogP contribution >= 0.6 is 15.9 Å². The maximum Gasteiger partial charge on any atom is 0.352 e. The van der Waals surface area contributed by atoms with Crippen LogP contribution in [0.2, 0.25) is 0 Å². The van der Waals surface area contributed by atoms with Crippen molar-refractivity contribution in [2.24, 2.45) is 0 Å². The van der Waals surface area contributed by atoms with Crippen LogP contribution in [-0.4, -0.2) is 15.6 Å². The second kappa shape index (κ2) is 5.04. The lowest BCUT2D eigenvalue weighted by Gasteiger charge is -2.18. The highest BCUT2D eigenvalue weighted by Crippen LogP contribution is 2.30. The molecule has 0 radical (unpaired) electrons. The van der Waals surface area contributed by atoms with Crippen molar-refractivity contribution < 1.29 is 9.90 Å². The number of carbonyl (C=O) groups is 1. The van der Waals surface area contributed by atoms with Gasteiger partial charge in [-0.3, -0.25) is 0 Å². The summed E-state index contributed by atoms with van der Waals surface area (Å²) >= 11 is 3.35. The molecule has 0 spiro atoms. The summed E-state index contributed by atoms with van der Waals surface area (Å²) in [5.74, 6) is -0.838.